The molecule has 1 saturated heterocycles. The molecule has 0 aromatic heterocycles. The summed E-state index contributed by atoms with van der Waals surface area (Å²) in [6.45, 7) is 5.53. The molecule has 1 fully saturated rings. The lowest BCUT2D eigenvalue weighted by Crippen LogP contribution is -2.31. The van der Waals surface area contributed by atoms with E-state index >= 15 is 0 Å². The van der Waals surface area contributed by atoms with Crippen molar-refractivity contribution in [3.63, 3.8) is 0 Å². The minimum atomic E-state index is -0.274. The molecule has 18 heavy (non-hydrogen) atoms. The molecular formula is C15H21NO2. The van der Waals surface area contributed by atoms with Gasteiger partial charge in [-0.3, -0.25) is 4.90 Å². The van der Waals surface area contributed by atoms with Crippen LogP contribution in [0, 0.1) is 0 Å². The van der Waals surface area contributed by atoms with Crippen molar-refractivity contribution < 1.29 is 9.53 Å². The molecule has 1 heterocycles. The smallest absolute Gasteiger partial charge is 0.337 e. The lowest BCUT2D eigenvalue weighted by Gasteiger charge is -2.25. The van der Waals surface area contributed by atoms with Gasteiger partial charge in [0.05, 0.1) is 12.7 Å². The van der Waals surface area contributed by atoms with E-state index in [1.54, 1.807) is 0 Å². The average molecular weight is 247 g/mol. The van der Waals surface area contributed by atoms with Crippen molar-refractivity contribution in [2.45, 2.75) is 45.3 Å². The first kappa shape index (κ1) is 13.1. The van der Waals surface area contributed by atoms with Gasteiger partial charge < -0.3 is 4.74 Å². The third-order valence-electron chi connectivity index (χ3n) is 3.87. The molecule has 1 aromatic rings. The molecule has 2 atom stereocenters. The Kier molecular flexibility index (Phi) is 4.02. The number of likely N-dealkylation sites (tertiary alicyclic amines) is 1. The van der Waals surface area contributed by atoms with Gasteiger partial charge in [0.2, 0.25) is 0 Å². The lowest BCUT2D eigenvalue weighted by molar-refractivity contribution is 0.0600. The maximum atomic E-state index is 11.3. The van der Waals surface area contributed by atoms with Gasteiger partial charge in [0, 0.05) is 18.6 Å². The zero-order valence-corrected chi connectivity index (χ0v) is 11.3. The van der Waals surface area contributed by atoms with E-state index in [2.05, 4.69) is 18.7 Å². The highest BCUT2D eigenvalue weighted by Crippen LogP contribution is 2.25. The largest absolute Gasteiger partial charge is 0.465 e. The summed E-state index contributed by atoms with van der Waals surface area (Å²) in [5, 5.41) is 0. The molecule has 0 bridgehead atoms. The minimum absolute atomic E-state index is 0.274. The van der Waals surface area contributed by atoms with Crippen LogP contribution < -0.4 is 0 Å². The summed E-state index contributed by atoms with van der Waals surface area (Å²) in [7, 11) is 1.41. The highest BCUT2D eigenvalue weighted by Gasteiger charge is 2.26. The van der Waals surface area contributed by atoms with Gasteiger partial charge in [-0.05, 0) is 44.4 Å². The average Bonchev–Trinajstić information content (AvgIpc) is 2.70. The maximum Gasteiger partial charge on any atom is 0.337 e. The number of methoxy groups -OCH3 is 1. The molecule has 1 aliphatic rings. The quantitative estimate of drug-likeness (QED) is 0.769. The summed E-state index contributed by atoms with van der Waals surface area (Å²) in [6.07, 6.45) is 2.56. The number of hydrogen-bond acceptors (Lipinski definition) is 3. The van der Waals surface area contributed by atoms with Crippen LogP contribution in [0.1, 0.15) is 42.6 Å². The van der Waals surface area contributed by atoms with Crippen LogP contribution in [0.15, 0.2) is 24.3 Å². The number of carbonyl (C=O) groups is 1. The highest BCUT2D eigenvalue weighted by atomic mass is 16.5. The number of nitrogens with zero attached hydrogens (tertiary/aromatic N) is 1. The molecule has 0 N–H and O–H groups in total. The molecule has 0 radical (unpaired) electrons. The van der Waals surface area contributed by atoms with Gasteiger partial charge in [-0.15, -0.1) is 0 Å². The number of hydrogen-bond donors (Lipinski definition) is 0. The van der Waals surface area contributed by atoms with Crippen molar-refractivity contribution in [1.29, 1.82) is 0 Å². The van der Waals surface area contributed by atoms with E-state index in [1.807, 2.05) is 24.3 Å². The van der Waals surface area contributed by atoms with Crippen LogP contribution in [-0.4, -0.2) is 30.1 Å². The number of ether oxygens (including phenoxy) is 1. The molecule has 0 amide bonds. The molecule has 98 valence electrons. The second kappa shape index (κ2) is 5.53. The molecule has 2 rings (SSSR count). The molecule has 0 saturated carbocycles. The zero-order valence-electron chi connectivity index (χ0n) is 11.3. The Hall–Kier alpha value is -1.35. The van der Waals surface area contributed by atoms with Crippen LogP contribution in [0.3, 0.4) is 0 Å². The molecule has 3 nitrogen and oxygen atoms in total. The fourth-order valence-corrected chi connectivity index (χ4v) is 2.64. The van der Waals surface area contributed by atoms with Gasteiger partial charge in [0.25, 0.3) is 0 Å². The summed E-state index contributed by atoms with van der Waals surface area (Å²) in [5.41, 5.74) is 1.87. The zero-order chi connectivity index (χ0) is 13.1. The summed E-state index contributed by atoms with van der Waals surface area (Å²) in [4.78, 5) is 13.9. The SMILES string of the molecule is COC(=O)c1ccc(CN2C(C)CCC2C)cc1. The minimum Gasteiger partial charge on any atom is -0.465 e. The van der Waals surface area contributed by atoms with Crippen molar-refractivity contribution in [3.05, 3.63) is 35.4 Å². The van der Waals surface area contributed by atoms with Crippen molar-refractivity contribution >= 4 is 5.97 Å². The Morgan fingerprint density at radius 2 is 1.78 bits per heavy atom. The standard InChI is InChI=1S/C15H21NO2/c1-11-4-5-12(2)16(11)10-13-6-8-14(9-7-13)15(17)18-3/h6-9,11-12H,4-5,10H2,1-3H3. The van der Waals surface area contributed by atoms with Crippen LogP contribution in [0.5, 0.6) is 0 Å². The third kappa shape index (κ3) is 2.72. The first-order chi connectivity index (χ1) is 8.61. The van der Waals surface area contributed by atoms with Gasteiger partial charge in [-0.2, -0.15) is 0 Å². The first-order valence-corrected chi connectivity index (χ1v) is 6.55. The summed E-state index contributed by atoms with van der Waals surface area (Å²) >= 11 is 0. The molecule has 2 unspecified atom stereocenters. The fourth-order valence-electron chi connectivity index (χ4n) is 2.64. The van der Waals surface area contributed by atoms with E-state index in [-0.39, 0.29) is 5.97 Å². The Balaban J connectivity index is 2.04. The second-order valence-corrected chi connectivity index (χ2v) is 5.14. The molecule has 0 aliphatic carbocycles. The van der Waals surface area contributed by atoms with Crippen LogP contribution in [0.2, 0.25) is 0 Å². The number of rotatable bonds is 3. The Bertz CT molecular complexity index is 403. The van der Waals surface area contributed by atoms with Gasteiger partial charge in [-0.25, -0.2) is 4.79 Å². The number of benzene rings is 1. The van der Waals surface area contributed by atoms with Crippen molar-refractivity contribution in [1.82, 2.24) is 4.90 Å². The number of esters is 1. The van der Waals surface area contributed by atoms with E-state index in [1.165, 1.54) is 25.5 Å². The highest BCUT2D eigenvalue weighted by molar-refractivity contribution is 5.89. The molecule has 1 aromatic carbocycles. The third-order valence-corrected chi connectivity index (χ3v) is 3.87. The van der Waals surface area contributed by atoms with Crippen molar-refractivity contribution in [3.8, 4) is 0 Å². The van der Waals surface area contributed by atoms with E-state index in [0.717, 1.165) is 6.54 Å². The maximum absolute atomic E-state index is 11.3. The van der Waals surface area contributed by atoms with E-state index in [4.69, 9.17) is 4.74 Å². The van der Waals surface area contributed by atoms with Crippen LogP contribution in [-0.2, 0) is 11.3 Å². The monoisotopic (exact) mass is 247 g/mol. The number of carbonyl (C=O) groups excluding carboxylic acids is 1. The van der Waals surface area contributed by atoms with E-state index in [9.17, 15) is 4.79 Å². The Morgan fingerprint density at radius 3 is 2.28 bits per heavy atom. The van der Waals surface area contributed by atoms with Gasteiger partial charge in [0.1, 0.15) is 0 Å². The predicted molar refractivity (Wildman–Crippen MR) is 71.5 cm³/mol. The normalized spacial score (nSPS) is 24.2. The van der Waals surface area contributed by atoms with Gasteiger partial charge >= 0.3 is 5.97 Å². The summed E-state index contributed by atoms with van der Waals surface area (Å²) < 4.78 is 4.69. The molecule has 1 aliphatic heterocycles. The van der Waals surface area contributed by atoms with Gasteiger partial charge in [-0.1, -0.05) is 12.1 Å². The molecule has 0 spiro atoms. The van der Waals surface area contributed by atoms with E-state index < -0.39 is 0 Å². The summed E-state index contributed by atoms with van der Waals surface area (Å²) in [5.74, 6) is -0.274. The predicted octanol–water partition coefficient (Wildman–Crippen LogP) is 2.85. The van der Waals surface area contributed by atoms with E-state index in [0.29, 0.717) is 17.6 Å². The first-order valence-electron chi connectivity index (χ1n) is 6.55. The second-order valence-electron chi connectivity index (χ2n) is 5.14. The topological polar surface area (TPSA) is 29.5 Å². The fraction of sp³-hybridized carbons (Fsp3) is 0.533. The Morgan fingerprint density at radius 1 is 1.22 bits per heavy atom. The van der Waals surface area contributed by atoms with Crippen LogP contribution in [0.25, 0.3) is 0 Å². The molecular weight excluding hydrogens is 226 g/mol. The summed E-state index contributed by atoms with van der Waals surface area (Å²) in [6, 6.07) is 9.02. The lowest BCUT2D eigenvalue weighted by atomic mass is 10.1. The van der Waals surface area contributed by atoms with Crippen LogP contribution >= 0.6 is 0 Å². The molecule has 3 heteroatoms. The van der Waals surface area contributed by atoms with Crippen LogP contribution in [0.4, 0.5) is 0 Å². The van der Waals surface area contributed by atoms with Crippen molar-refractivity contribution in [2.24, 2.45) is 0 Å². The van der Waals surface area contributed by atoms with Crippen molar-refractivity contribution in [2.75, 3.05) is 7.11 Å². The van der Waals surface area contributed by atoms with Gasteiger partial charge in [0.15, 0.2) is 0 Å². The Labute approximate surface area is 109 Å².